The van der Waals surface area contributed by atoms with Gasteiger partial charge in [-0.3, -0.25) is 4.79 Å². The number of carbonyl (C=O) groups excluding carboxylic acids is 1. The second kappa shape index (κ2) is 5.26. The number of nitrogens with one attached hydrogen (secondary N) is 1. The number of H-pyrrole nitrogens is 1. The van der Waals surface area contributed by atoms with Crippen molar-refractivity contribution < 1.29 is 14.6 Å². The second-order valence-electron chi connectivity index (χ2n) is 5.21. The summed E-state index contributed by atoms with van der Waals surface area (Å²) in [7, 11) is 0. The molecule has 1 aromatic carbocycles. The molecule has 2 N–H and O–H groups in total. The molecular formula is C15H18N2O3. The van der Waals surface area contributed by atoms with Crippen molar-refractivity contribution in [3.05, 3.63) is 36.0 Å². The Hall–Kier alpha value is -1.85. The molecule has 1 aliphatic heterocycles. The third kappa shape index (κ3) is 2.30. The van der Waals surface area contributed by atoms with Gasteiger partial charge in [-0.2, -0.15) is 0 Å². The zero-order chi connectivity index (χ0) is 14.1. The number of fused-ring (bicyclic) bond motifs is 1. The minimum atomic E-state index is -0.292. The number of nitrogens with zero attached hydrogens (tertiary/aromatic N) is 1. The maximum Gasteiger partial charge on any atom is 0.270 e. The molecule has 1 fully saturated rings. The lowest BCUT2D eigenvalue weighted by Gasteiger charge is -2.37. The second-order valence-corrected chi connectivity index (χ2v) is 5.21. The number of ether oxygens (including phenoxy) is 1. The molecule has 2 aromatic rings. The van der Waals surface area contributed by atoms with Gasteiger partial charge in [0.15, 0.2) is 0 Å². The maximum absolute atomic E-state index is 12.6. The van der Waals surface area contributed by atoms with E-state index < -0.39 is 0 Å². The Morgan fingerprint density at radius 1 is 1.50 bits per heavy atom. The van der Waals surface area contributed by atoms with Crippen LogP contribution in [0.2, 0.25) is 0 Å². The molecule has 106 valence electrons. The van der Waals surface area contributed by atoms with Gasteiger partial charge in [0.2, 0.25) is 0 Å². The molecule has 3 rings (SSSR count). The number of rotatable bonds is 2. The number of aromatic nitrogens is 1. The van der Waals surface area contributed by atoms with Crippen LogP contribution < -0.4 is 0 Å². The maximum atomic E-state index is 12.6. The van der Waals surface area contributed by atoms with Crippen molar-refractivity contribution in [2.24, 2.45) is 0 Å². The topological polar surface area (TPSA) is 65.6 Å². The lowest BCUT2D eigenvalue weighted by Crippen LogP contribution is -2.52. The first-order chi connectivity index (χ1) is 9.69. The van der Waals surface area contributed by atoms with Crippen molar-refractivity contribution in [3.8, 4) is 0 Å². The number of aliphatic hydroxyl groups is 1. The standard InChI is InChI=1S/C15H18N2O3/c1-10-9-20-12(8-18)7-17(10)15(19)14-6-11-4-2-3-5-13(11)16-14/h2-6,10,12,16,18H,7-9H2,1H3. The van der Waals surface area contributed by atoms with Crippen LogP contribution in [0.5, 0.6) is 0 Å². The molecule has 2 atom stereocenters. The van der Waals surface area contributed by atoms with Crippen LogP contribution in [0.3, 0.4) is 0 Å². The first-order valence-corrected chi connectivity index (χ1v) is 6.80. The summed E-state index contributed by atoms with van der Waals surface area (Å²) in [6.07, 6.45) is -0.292. The third-order valence-corrected chi connectivity index (χ3v) is 3.73. The van der Waals surface area contributed by atoms with Gasteiger partial charge in [0, 0.05) is 17.4 Å². The van der Waals surface area contributed by atoms with Crippen molar-refractivity contribution in [1.29, 1.82) is 0 Å². The van der Waals surface area contributed by atoms with Gasteiger partial charge in [-0.1, -0.05) is 18.2 Å². The summed E-state index contributed by atoms with van der Waals surface area (Å²) in [5, 5.41) is 10.2. The van der Waals surface area contributed by atoms with E-state index in [1.54, 1.807) is 4.90 Å². The average Bonchev–Trinajstić information content (AvgIpc) is 2.91. The van der Waals surface area contributed by atoms with Crippen LogP contribution in [-0.2, 0) is 4.74 Å². The lowest BCUT2D eigenvalue weighted by molar-refractivity contribution is -0.0668. The molecule has 0 saturated carbocycles. The van der Waals surface area contributed by atoms with Gasteiger partial charge in [-0.05, 0) is 19.1 Å². The first-order valence-electron chi connectivity index (χ1n) is 6.80. The van der Waals surface area contributed by atoms with Crippen molar-refractivity contribution in [2.75, 3.05) is 19.8 Å². The van der Waals surface area contributed by atoms with E-state index in [2.05, 4.69) is 4.98 Å². The fourth-order valence-electron chi connectivity index (χ4n) is 2.55. The highest BCUT2D eigenvalue weighted by Crippen LogP contribution is 2.19. The highest BCUT2D eigenvalue weighted by molar-refractivity contribution is 5.98. The number of hydrogen-bond donors (Lipinski definition) is 2. The summed E-state index contributed by atoms with van der Waals surface area (Å²) in [5.41, 5.74) is 1.53. The zero-order valence-corrected chi connectivity index (χ0v) is 11.4. The van der Waals surface area contributed by atoms with Gasteiger partial charge >= 0.3 is 0 Å². The summed E-state index contributed by atoms with van der Waals surface area (Å²) >= 11 is 0. The largest absolute Gasteiger partial charge is 0.394 e. The highest BCUT2D eigenvalue weighted by Gasteiger charge is 2.30. The number of carbonyl (C=O) groups is 1. The highest BCUT2D eigenvalue weighted by atomic mass is 16.5. The average molecular weight is 274 g/mol. The van der Waals surface area contributed by atoms with Crippen LogP contribution in [-0.4, -0.2) is 52.8 Å². The number of para-hydroxylation sites is 1. The predicted molar refractivity (Wildman–Crippen MR) is 75.6 cm³/mol. The molecule has 0 aliphatic carbocycles. The Morgan fingerprint density at radius 3 is 3.05 bits per heavy atom. The quantitative estimate of drug-likeness (QED) is 0.869. The summed E-state index contributed by atoms with van der Waals surface area (Å²) in [5.74, 6) is -0.0459. The van der Waals surface area contributed by atoms with Crippen LogP contribution in [0.4, 0.5) is 0 Å². The van der Waals surface area contributed by atoms with Gasteiger partial charge in [0.05, 0.1) is 25.4 Å². The third-order valence-electron chi connectivity index (χ3n) is 3.73. The number of hydrogen-bond acceptors (Lipinski definition) is 3. The van der Waals surface area contributed by atoms with Gasteiger partial charge in [-0.15, -0.1) is 0 Å². The summed E-state index contributed by atoms with van der Waals surface area (Å²) in [6.45, 7) is 2.76. The van der Waals surface area contributed by atoms with Crippen molar-refractivity contribution in [2.45, 2.75) is 19.1 Å². The molecule has 1 amide bonds. The predicted octanol–water partition coefficient (Wildman–Crippen LogP) is 1.39. The Kier molecular flexibility index (Phi) is 3.46. The van der Waals surface area contributed by atoms with E-state index in [4.69, 9.17) is 4.74 Å². The fraction of sp³-hybridized carbons (Fsp3) is 0.400. The zero-order valence-electron chi connectivity index (χ0n) is 11.4. The Labute approximate surface area is 117 Å². The van der Waals surface area contributed by atoms with Crippen molar-refractivity contribution in [1.82, 2.24) is 9.88 Å². The molecule has 1 saturated heterocycles. The van der Waals surface area contributed by atoms with Crippen molar-refractivity contribution >= 4 is 16.8 Å². The molecule has 2 unspecified atom stereocenters. The van der Waals surface area contributed by atoms with E-state index >= 15 is 0 Å². The molecule has 1 aliphatic rings. The number of aromatic amines is 1. The van der Waals surface area contributed by atoms with Gasteiger partial charge in [0.25, 0.3) is 5.91 Å². The van der Waals surface area contributed by atoms with Gasteiger partial charge in [-0.25, -0.2) is 0 Å². The molecule has 0 bridgehead atoms. The SMILES string of the molecule is CC1COC(CO)CN1C(=O)c1cc2ccccc2[nH]1. The molecular weight excluding hydrogens is 256 g/mol. The molecule has 20 heavy (non-hydrogen) atoms. The summed E-state index contributed by atoms with van der Waals surface area (Å²) in [4.78, 5) is 17.5. The monoisotopic (exact) mass is 274 g/mol. The van der Waals surface area contributed by atoms with Crippen LogP contribution in [0, 0.1) is 0 Å². The number of amides is 1. The van der Waals surface area contributed by atoms with E-state index in [0.717, 1.165) is 10.9 Å². The Morgan fingerprint density at radius 2 is 2.30 bits per heavy atom. The summed E-state index contributed by atoms with van der Waals surface area (Å²) in [6, 6.07) is 9.69. The number of benzene rings is 1. The molecule has 1 aromatic heterocycles. The normalized spacial score (nSPS) is 23.2. The lowest BCUT2D eigenvalue weighted by atomic mass is 10.2. The Bertz CT molecular complexity index is 589. The minimum absolute atomic E-state index is 0.0108. The minimum Gasteiger partial charge on any atom is -0.394 e. The molecule has 0 spiro atoms. The number of morpholine rings is 1. The fourth-order valence-corrected chi connectivity index (χ4v) is 2.55. The molecule has 5 heteroatoms. The summed E-state index contributed by atoms with van der Waals surface area (Å²) < 4.78 is 5.46. The van der Waals surface area contributed by atoms with Crippen LogP contribution >= 0.6 is 0 Å². The van der Waals surface area contributed by atoms with E-state index in [-0.39, 0.29) is 24.7 Å². The smallest absolute Gasteiger partial charge is 0.270 e. The van der Waals surface area contributed by atoms with Crippen LogP contribution in [0.1, 0.15) is 17.4 Å². The molecule has 0 radical (unpaired) electrons. The van der Waals surface area contributed by atoms with Gasteiger partial charge in [0.1, 0.15) is 5.69 Å². The van der Waals surface area contributed by atoms with E-state index in [9.17, 15) is 9.90 Å². The Balaban J connectivity index is 1.86. The van der Waals surface area contributed by atoms with Gasteiger partial charge < -0.3 is 19.7 Å². The van der Waals surface area contributed by atoms with Crippen LogP contribution in [0.15, 0.2) is 30.3 Å². The van der Waals surface area contributed by atoms with Crippen LogP contribution in [0.25, 0.3) is 10.9 Å². The molecule has 2 heterocycles. The van der Waals surface area contributed by atoms with E-state index in [1.165, 1.54) is 0 Å². The number of aliphatic hydroxyl groups excluding tert-OH is 1. The van der Waals surface area contributed by atoms with E-state index in [0.29, 0.717) is 18.8 Å². The first kappa shape index (κ1) is 13.1. The molecule has 5 nitrogen and oxygen atoms in total. The van der Waals surface area contributed by atoms with Crippen molar-refractivity contribution in [3.63, 3.8) is 0 Å². The van der Waals surface area contributed by atoms with E-state index in [1.807, 2.05) is 37.3 Å².